The van der Waals surface area contributed by atoms with Gasteiger partial charge in [-0.05, 0) is 0 Å². The lowest BCUT2D eigenvalue weighted by Crippen LogP contribution is -2.00. The highest BCUT2D eigenvalue weighted by atomic mass is 35.5. The van der Waals surface area contributed by atoms with E-state index in [4.69, 9.17) is 46.4 Å². The summed E-state index contributed by atoms with van der Waals surface area (Å²) in [5.41, 5.74) is -0.221. The minimum atomic E-state index is -0.653. The molecule has 0 aromatic heterocycles. The Morgan fingerprint density at radius 3 is 1.56 bits per heavy atom. The van der Waals surface area contributed by atoms with E-state index in [-0.39, 0.29) is 22.7 Å². The van der Waals surface area contributed by atoms with Crippen molar-refractivity contribution in [1.82, 2.24) is 0 Å². The maximum atomic E-state index is 6.20. The van der Waals surface area contributed by atoms with Crippen LogP contribution in [0.4, 0.5) is 0 Å². The van der Waals surface area contributed by atoms with Crippen molar-refractivity contribution in [3.63, 3.8) is 0 Å². The molecule has 0 unspecified atom stereocenters. The molecular formula is C12H16Cl4. The Bertz CT molecular complexity index is 342. The second kappa shape index (κ2) is 3.26. The van der Waals surface area contributed by atoms with E-state index in [0.717, 1.165) is 0 Å². The number of hydrogen-bond donors (Lipinski definition) is 0. The van der Waals surface area contributed by atoms with E-state index in [9.17, 15) is 0 Å². The third-order valence-corrected chi connectivity index (χ3v) is 7.57. The van der Waals surface area contributed by atoms with E-state index in [1.807, 2.05) is 0 Å². The molecule has 0 saturated heterocycles. The van der Waals surface area contributed by atoms with Crippen LogP contribution in [0.5, 0.6) is 0 Å². The van der Waals surface area contributed by atoms with Gasteiger partial charge in [0.05, 0.1) is 0 Å². The van der Waals surface area contributed by atoms with Crippen LogP contribution in [0.1, 0.15) is 27.7 Å². The summed E-state index contributed by atoms with van der Waals surface area (Å²) in [6.45, 7) is 8.25. The molecule has 2 rings (SSSR count). The third kappa shape index (κ3) is 1.43. The van der Waals surface area contributed by atoms with Crippen molar-refractivity contribution in [1.29, 1.82) is 0 Å². The van der Waals surface area contributed by atoms with Gasteiger partial charge in [0.2, 0.25) is 0 Å². The Labute approximate surface area is 117 Å². The molecule has 3 atom stereocenters. The maximum absolute atomic E-state index is 6.20. The summed E-state index contributed by atoms with van der Waals surface area (Å²) < 4.78 is -1.30. The van der Waals surface area contributed by atoms with Crippen molar-refractivity contribution in [2.45, 2.75) is 36.4 Å². The Balaban J connectivity index is 2.10. The lowest BCUT2D eigenvalue weighted by Gasteiger charge is -2.04. The first kappa shape index (κ1) is 13.3. The molecule has 92 valence electrons. The molecule has 2 aliphatic carbocycles. The number of hydrogen-bond acceptors (Lipinski definition) is 0. The Morgan fingerprint density at radius 1 is 0.938 bits per heavy atom. The summed E-state index contributed by atoms with van der Waals surface area (Å²) in [6.07, 6.45) is 4.15. The van der Waals surface area contributed by atoms with Gasteiger partial charge in [0.25, 0.3) is 0 Å². The van der Waals surface area contributed by atoms with Crippen LogP contribution in [0.25, 0.3) is 0 Å². The zero-order valence-electron chi connectivity index (χ0n) is 9.82. The number of alkyl halides is 4. The minimum Gasteiger partial charge on any atom is -0.100 e. The van der Waals surface area contributed by atoms with E-state index in [2.05, 4.69) is 39.8 Å². The molecular weight excluding hydrogens is 286 g/mol. The topological polar surface area (TPSA) is 0 Å². The molecule has 16 heavy (non-hydrogen) atoms. The highest BCUT2D eigenvalue weighted by Crippen LogP contribution is 2.72. The minimum absolute atomic E-state index is 0.0671. The number of rotatable bonds is 2. The van der Waals surface area contributed by atoms with Crippen molar-refractivity contribution < 1.29 is 0 Å². The number of allylic oxidation sites excluding steroid dienone is 2. The van der Waals surface area contributed by atoms with Crippen LogP contribution in [-0.2, 0) is 0 Å². The summed E-state index contributed by atoms with van der Waals surface area (Å²) in [7, 11) is 0. The molecule has 0 amide bonds. The van der Waals surface area contributed by atoms with Crippen LogP contribution in [0.2, 0.25) is 0 Å². The van der Waals surface area contributed by atoms with Crippen molar-refractivity contribution in [3.05, 3.63) is 12.2 Å². The van der Waals surface area contributed by atoms with Gasteiger partial charge < -0.3 is 0 Å². The summed E-state index contributed by atoms with van der Waals surface area (Å²) in [5.74, 6) is 0.443. The molecule has 4 heteroatoms. The predicted octanol–water partition coefficient (Wildman–Crippen LogP) is 5.20. The summed E-state index contributed by atoms with van der Waals surface area (Å²) >= 11 is 24.8. The first-order valence-electron chi connectivity index (χ1n) is 5.44. The van der Waals surface area contributed by atoms with Crippen LogP contribution >= 0.6 is 46.4 Å². The molecule has 0 bridgehead atoms. The quantitative estimate of drug-likeness (QED) is 0.485. The van der Waals surface area contributed by atoms with E-state index in [1.54, 1.807) is 0 Å². The zero-order chi connectivity index (χ0) is 12.6. The van der Waals surface area contributed by atoms with E-state index >= 15 is 0 Å². The molecule has 2 aliphatic rings. The molecule has 0 aromatic carbocycles. The van der Waals surface area contributed by atoms with E-state index in [0.29, 0.717) is 0 Å². The van der Waals surface area contributed by atoms with Crippen LogP contribution < -0.4 is 0 Å². The molecule has 0 aromatic rings. The summed E-state index contributed by atoms with van der Waals surface area (Å²) in [4.78, 5) is 0. The van der Waals surface area contributed by atoms with Gasteiger partial charge in [0.1, 0.15) is 8.67 Å². The monoisotopic (exact) mass is 300 g/mol. The number of halogens is 4. The lowest BCUT2D eigenvalue weighted by atomic mass is 10.0. The summed E-state index contributed by atoms with van der Waals surface area (Å²) in [6, 6.07) is 0. The Kier molecular flexibility index (Phi) is 2.72. The largest absolute Gasteiger partial charge is 0.130 e. The van der Waals surface area contributed by atoms with Gasteiger partial charge in [-0.15, -0.1) is 46.4 Å². The fraction of sp³-hybridized carbons (Fsp3) is 0.833. The Hall–Kier alpha value is 0.900. The van der Waals surface area contributed by atoms with Crippen molar-refractivity contribution >= 4 is 46.4 Å². The van der Waals surface area contributed by atoms with Crippen LogP contribution in [0.15, 0.2) is 12.2 Å². The second-order valence-electron chi connectivity index (χ2n) is 5.81. The molecule has 0 nitrogen and oxygen atoms in total. The average Bonchev–Trinajstić information content (AvgIpc) is 2.68. The zero-order valence-corrected chi connectivity index (χ0v) is 12.8. The molecule has 0 spiro atoms. The molecule has 2 fully saturated rings. The third-order valence-electron chi connectivity index (χ3n) is 4.66. The molecule has 0 aliphatic heterocycles. The smallest absolute Gasteiger partial charge is 0.100 e. The van der Waals surface area contributed by atoms with Gasteiger partial charge in [0.15, 0.2) is 0 Å². The van der Waals surface area contributed by atoms with Crippen molar-refractivity contribution in [3.8, 4) is 0 Å². The first-order valence-corrected chi connectivity index (χ1v) is 6.96. The summed E-state index contributed by atoms with van der Waals surface area (Å²) in [5, 5.41) is 0. The predicted molar refractivity (Wildman–Crippen MR) is 72.6 cm³/mol. The van der Waals surface area contributed by atoms with E-state index < -0.39 is 8.67 Å². The highest BCUT2D eigenvalue weighted by Gasteiger charge is 2.71. The highest BCUT2D eigenvalue weighted by molar-refractivity contribution is 6.52. The van der Waals surface area contributed by atoms with Crippen LogP contribution in [0.3, 0.4) is 0 Å². The fourth-order valence-electron chi connectivity index (χ4n) is 2.37. The van der Waals surface area contributed by atoms with Gasteiger partial charge in [-0.1, -0.05) is 39.8 Å². The normalized spacial score (nSPS) is 47.0. The van der Waals surface area contributed by atoms with Gasteiger partial charge in [0, 0.05) is 22.7 Å². The van der Waals surface area contributed by atoms with Gasteiger partial charge in [-0.25, -0.2) is 0 Å². The van der Waals surface area contributed by atoms with Gasteiger partial charge in [-0.3, -0.25) is 0 Å². The van der Waals surface area contributed by atoms with Crippen LogP contribution in [0, 0.1) is 22.7 Å². The molecule has 0 N–H and O–H groups in total. The second-order valence-corrected chi connectivity index (χ2v) is 8.58. The Morgan fingerprint density at radius 2 is 1.31 bits per heavy atom. The molecule has 2 saturated carbocycles. The fourth-order valence-corrected chi connectivity index (χ4v) is 3.98. The first-order chi connectivity index (χ1) is 6.99. The van der Waals surface area contributed by atoms with E-state index in [1.165, 1.54) is 0 Å². The van der Waals surface area contributed by atoms with Crippen LogP contribution in [-0.4, -0.2) is 8.67 Å². The average molecular weight is 302 g/mol. The molecule has 0 radical (unpaired) electrons. The van der Waals surface area contributed by atoms with Crippen molar-refractivity contribution in [2.24, 2.45) is 22.7 Å². The standard InChI is InChI=1S/C12H16Cl4/c1-7-10(4,11(7,13)14)6-5-8-9(2,3)12(8,15)16/h5-8H,1-4H3/b6-5+/t7-,8+,10+/m0/s1. The SMILES string of the molecule is C[C@@H]1C(Cl)(Cl)[C@]1(C)/C=C/[C@@H]1C(C)(C)C1(Cl)Cl. The molecule has 0 heterocycles. The lowest BCUT2D eigenvalue weighted by molar-refractivity contribution is 0.597. The maximum Gasteiger partial charge on any atom is 0.130 e. The van der Waals surface area contributed by atoms with Crippen molar-refractivity contribution in [2.75, 3.05) is 0 Å². The van der Waals surface area contributed by atoms with Gasteiger partial charge in [-0.2, -0.15) is 0 Å². The van der Waals surface area contributed by atoms with Gasteiger partial charge >= 0.3 is 0 Å².